The maximum Gasteiger partial charge on any atom is 0.347 e. The van der Waals surface area contributed by atoms with E-state index in [1.165, 1.54) is 4.58 Å². The van der Waals surface area contributed by atoms with Crippen molar-refractivity contribution in [1.82, 2.24) is 20.9 Å². The number of rotatable bonds is 6. The maximum atomic E-state index is 13.4. The van der Waals surface area contributed by atoms with E-state index in [0.29, 0.717) is 12.0 Å². The van der Waals surface area contributed by atoms with Crippen LogP contribution in [0.15, 0.2) is 18.2 Å². The fourth-order valence-corrected chi connectivity index (χ4v) is 6.25. The molecule has 4 heterocycles. The lowest BCUT2D eigenvalue weighted by atomic mass is 9.85. The smallest absolute Gasteiger partial charge is 0.347 e. The Labute approximate surface area is 213 Å². The van der Waals surface area contributed by atoms with Gasteiger partial charge in [-0.2, -0.15) is 0 Å². The lowest BCUT2D eigenvalue weighted by Crippen LogP contribution is -2.92. The lowest BCUT2D eigenvalue weighted by molar-refractivity contribution is -0.674. The van der Waals surface area contributed by atoms with Crippen LogP contribution in [-0.2, 0) is 22.4 Å². The van der Waals surface area contributed by atoms with Crippen LogP contribution in [-0.4, -0.2) is 92.0 Å². The summed E-state index contributed by atoms with van der Waals surface area (Å²) in [6.07, 6.45) is 1.67. The first kappa shape index (κ1) is 25.0. The zero-order chi connectivity index (χ0) is 26.7. The van der Waals surface area contributed by atoms with E-state index in [-0.39, 0.29) is 49.7 Å². The van der Waals surface area contributed by atoms with Gasteiger partial charge in [-0.1, -0.05) is 26.0 Å². The molecule has 3 amide bonds. The molecule has 1 aromatic carbocycles. The number of amides is 3. The van der Waals surface area contributed by atoms with Crippen LogP contribution in [0.2, 0.25) is 0 Å². The Kier molecular flexibility index (Phi) is 5.87. The number of carbonyl (C=O) groups excluding carboxylic acids is 3. The summed E-state index contributed by atoms with van der Waals surface area (Å²) in [6, 6.07) is 2.82. The number of hydrogen-bond donors (Lipinski definition) is 8. The molecule has 0 bridgehead atoms. The van der Waals surface area contributed by atoms with E-state index < -0.39 is 35.5 Å². The lowest BCUT2D eigenvalue weighted by Gasteiger charge is -2.41. The minimum absolute atomic E-state index is 0.0424. The molecule has 0 saturated carbocycles. The second kappa shape index (κ2) is 8.70. The fraction of sp³-hybridized carbons (Fsp3) is 0.542. The van der Waals surface area contributed by atoms with Crippen molar-refractivity contribution >= 4 is 29.6 Å². The van der Waals surface area contributed by atoms with E-state index in [4.69, 9.17) is 11.5 Å². The topological polar surface area (TPSA) is 200 Å². The van der Waals surface area contributed by atoms with Gasteiger partial charge in [0.25, 0.3) is 17.4 Å². The van der Waals surface area contributed by atoms with Gasteiger partial charge < -0.3 is 15.5 Å². The highest BCUT2D eigenvalue weighted by atomic mass is 16.5. The summed E-state index contributed by atoms with van der Waals surface area (Å²) < 4.78 is 1.52. The Hall–Kier alpha value is -3.71. The van der Waals surface area contributed by atoms with Crippen LogP contribution in [0.25, 0.3) is 0 Å². The fourth-order valence-electron chi connectivity index (χ4n) is 6.25. The van der Waals surface area contributed by atoms with Gasteiger partial charge in [-0.3, -0.25) is 41.1 Å². The van der Waals surface area contributed by atoms with Crippen molar-refractivity contribution in [3.05, 3.63) is 34.9 Å². The van der Waals surface area contributed by atoms with Crippen molar-refractivity contribution < 1.29 is 34.2 Å². The molecule has 10 N–H and O–H groups in total. The number of nitrogens with zero attached hydrogens (tertiary/aromatic N) is 2. The van der Waals surface area contributed by atoms with Gasteiger partial charge in [0.15, 0.2) is 6.04 Å². The third kappa shape index (κ3) is 3.55. The second-order valence-electron chi connectivity index (χ2n) is 9.97. The highest BCUT2D eigenvalue weighted by molar-refractivity contribution is 6.02. The molecule has 4 atom stereocenters. The van der Waals surface area contributed by atoms with Crippen molar-refractivity contribution in [3.63, 3.8) is 0 Å². The van der Waals surface area contributed by atoms with Gasteiger partial charge in [0.2, 0.25) is 11.8 Å². The molecule has 37 heavy (non-hydrogen) atoms. The van der Waals surface area contributed by atoms with Gasteiger partial charge in [0.05, 0.1) is 13.1 Å². The SMILES string of the molecule is CCc1cccc(C(=O)NC2C[N+]3=C(N)N[C@@H](CN4C(=O)CCC4=O)[C@@H]4[NH+]=C(N)N[C@@]43C2(O)O)c1CC. The predicted molar refractivity (Wildman–Crippen MR) is 131 cm³/mol. The van der Waals surface area contributed by atoms with E-state index in [2.05, 4.69) is 20.9 Å². The Morgan fingerprint density at radius 3 is 2.57 bits per heavy atom. The van der Waals surface area contributed by atoms with Crippen LogP contribution in [0.4, 0.5) is 0 Å². The summed E-state index contributed by atoms with van der Waals surface area (Å²) in [7, 11) is 0. The van der Waals surface area contributed by atoms with Crippen molar-refractivity contribution in [1.29, 1.82) is 0 Å². The zero-order valence-electron chi connectivity index (χ0n) is 20.9. The number of aliphatic hydroxyl groups is 2. The summed E-state index contributed by atoms with van der Waals surface area (Å²) in [5, 5.41) is 32.1. The normalized spacial score (nSPS) is 30.0. The molecular weight excluding hydrogens is 480 g/mol. The summed E-state index contributed by atoms with van der Waals surface area (Å²) in [4.78, 5) is 42.1. The average Bonchev–Trinajstić information content (AvgIpc) is 3.46. The summed E-state index contributed by atoms with van der Waals surface area (Å²) in [6.45, 7) is 3.90. The average molecular weight is 515 g/mol. The first-order chi connectivity index (χ1) is 17.5. The van der Waals surface area contributed by atoms with Gasteiger partial charge in [-0.15, -0.1) is 0 Å². The molecule has 5 rings (SSSR count). The number of likely N-dealkylation sites (tertiary alicyclic amines) is 1. The Balaban J connectivity index is 1.48. The molecule has 13 nitrogen and oxygen atoms in total. The number of nitrogens with two attached hydrogens (primary N) is 2. The molecule has 13 heteroatoms. The molecule has 1 spiro atoms. The molecule has 198 valence electrons. The third-order valence-electron chi connectivity index (χ3n) is 8.04. The molecule has 0 aromatic heterocycles. The highest BCUT2D eigenvalue weighted by Gasteiger charge is 2.78. The highest BCUT2D eigenvalue weighted by Crippen LogP contribution is 2.38. The van der Waals surface area contributed by atoms with Crippen LogP contribution in [0.1, 0.15) is 48.2 Å². The van der Waals surface area contributed by atoms with Crippen molar-refractivity contribution in [2.75, 3.05) is 13.1 Å². The molecule has 1 unspecified atom stereocenters. The Bertz CT molecular complexity index is 1230. The van der Waals surface area contributed by atoms with Gasteiger partial charge in [0, 0.05) is 18.4 Å². The number of imide groups is 1. The van der Waals surface area contributed by atoms with Crippen molar-refractivity contribution in [3.8, 4) is 0 Å². The van der Waals surface area contributed by atoms with Crippen molar-refractivity contribution in [2.45, 2.75) is 69.1 Å². The van der Waals surface area contributed by atoms with E-state index in [1.807, 2.05) is 26.0 Å². The quantitative estimate of drug-likeness (QED) is 0.104. The molecule has 4 aliphatic rings. The number of hydrogen-bond acceptors (Lipinski definition) is 9. The van der Waals surface area contributed by atoms with Crippen LogP contribution < -0.4 is 32.4 Å². The van der Waals surface area contributed by atoms with Crippen molar-refractivity contribution in [2.24, 2.45) is 11.5 Å². The maximum absolute atomic E-state index is 13.4. The van der Waals surface area contributed by atoms with Gasteiger partial charge >= 0.3 is 11.9 Å². The zero-order valence-corrected chi connectivity index (χ0v) is 20.9. The Morgan fingerprint density at radius 1 is 1.22 bits per heavy atom. The third-order valence-corrected chi connectivity index (χ3v) is 8.04. The van der Waals surface area contributed by atoms with Crippen LogP contribution in [0.5, 0.6) is 0 Å². The van der Waals surface area contributed by atoms with Crippen LogP contribution >= 0.6 is 0 Å². The monoisotopic (exact) mass is 514 g/mol. The minimum Gasteiger partial charge on any atom is -0.358 e. The van der Waals surface area contributed by atoms with Crippen LogP contribution in [0.3, 0.4) is 0 Å². The predicted octanol–water partition coefficient (Wildman–Crippen LogP) is -4.88. The minimum atomic E-state index is -2.56. The summed E-state index contributed by atoms with van der Waals surface area (Å²) in [5.41, 5.74) is 13.2. The van der Waals surface area contributed by atoms with Gasteiger partial charge in [-0.05, 0) is 30.0 Å². The molecule has 0 radical (unpaired) electrons. The molecule has 0 aliphatic carbocycles. The van der Waals surface area contributed by atoms with Gasteiger partial charge in [0.1, 0.15) is 12.1 Å². The first-order valence-electron chi connectivity index (χ1n) is 12.6. The van der Waals surface area contributed by atoms with Gasteiger partial charge in [-0.25, -0.2) is 9.89 Å². The number of guanidine groups is 2. The van der Waals surface area contributed by atoms with E-state index in [9.17, 15) is 24.6 Å². The second-order valence-corrected chi connectivity index (χ2v) is 9.97. The molecule has 2 fully saturated rings. The van der Waals surface area contributed by atoms with E-state index in [1.54, 1.807) is 6.07 Å². The molecule has 1 aromatic rings. The van der Waals surface area contributed by atoms with E-state index in [0.717, 1.165) is 22.4 Å². The largest absolute Gasteiger partial charge is 0.358 e. The van der Waals surface area contributed by atoms with Crippen LogP contribution in [0, 0.1) is 0 Å². The standard InChI is InChI=1S/C24H32N8O5/c1-3-12-6-5-7-14(13(12)4-2)20(35)28-16-11-32-22(26)27-15(10-31-17(33)8-9-18(31)34)19-23(32,24(16,36)37)30-21(25)29-19/h5-7,15-16,19,36-37H,3-4,8-11H2,1-2H3,(H6,25,26,27,28,29,30,35)/p+2/t15-,16?,19-,23-/m0/s1. The molecule has 2 saturated heterocycles. The summed E-state index contributed by atoms with van der Waals surface area (Å²) >= 11 is 0. The van der Waals surface area contributed by atoms with E-state index >= 15 is 0 Å². The molecule has 4 aliphatic heterocycles. The number of aryl methyl sites for hydroxylation is 1. The number of carbonyl (C=O) groups is 3. The molecular formula is C24H34N8O5+2. The first-order valence-corrected chi connectivity index (χ1v) is 12.6. The summed E-state index contributed by atoms with van der Waals surface area (Å²) in [5.74, 6) is -3.44. The Morgan fingerprint density at radius 2 is 1.92 bits per heavy atom. The number of nitrogens with one attached hydrogen (secondary N) is 4. The number of benzene rings is 1.